The van der Waals surface area contributed by atoms with Gasteiger partial charge in [0.1, 0.15) is 12.2 Å². The summed E-state index contributed by atoms with van der Waals surface area (Å²) in [6, 6.07) is 0. The van der Waals surface area contributed by atoms with Gasteiger partial charge in [0.2, 0.25) is 0 Å². The Bertz CT molecular complexity index is 1210. The van der Waals surface area contributed by atoms with Crippen LogP contribution in [0.2, 0.25) is 0 Å². The molecule has 0 heterocycles. The molecule has 0 aromatic carbocycles. The molecule has 3 N–H and O–H groups in total. The number of unbranched alkanes of at least 4 members (excludes halogenated alkanes) is 22. The van der Waals surface area contributed by atoms with E-state index in [0.717, 1.165) is 70.6 Å². The highest BCUT2D eigenvalue weighted by molar-refractivity contribution is 7.47. The topological polar surface area (TPSA) is 149 Å². The fourth-order valence-corrected chi connectivity index (χ4v) is 7.51. The number of ether oxygens (including phenoxy) is 2. The summed E-state index contributed by atoms with van der Waals surface area (Å²) in [4.78, 5) is 34.6. The van der Waals surface area contributed by atoms with Crippen molar-refractivity contribution in [2.75, 3.05) is 26.4 Å². The average molecular weight is 895 g/mol. The maximum Gasteiger partial charge on any atom is 0.472 e. The molecule has 0 aliphatic carbocycles. The third-order valence-electron chi connectivity index (χ3n) is 10.5. The van der Waals surface area contributed by atoms with Gasteiger partial charge in [-0.2, -0.15) is 0 Å². The molecule has 0 saturated heterocycles. The Labute approximate surface area is 378 Å². The van der Waals surface area contributed by atoms with Gasteiger partial charge in [-0.15, -0.1) is 0 Å². The molecule has 360 valence electrons. The summed E-state index contributed by atoms with van der Waals surface area (Å²) in [5.74, 6) is -1.05. The molecule has 0 amide bonds. The number of aliphatic hydroxyl groups is 2. The van der Waals surface area contributed by atoms with E-state index in [2.05, 4.69) is 74.6 Å². The third kappa shape index (κ3) is 44.3. The number of phosphoric acid groups is 1. The number of carbonyl (C=O) groups is 2. The highest BCUT2D eigenvalue weighted by atomic mass is 31.2. The van der Waals surface area contributed by atoms with E-state index in [9.17, 15) is 29.3 Å². The Kier molecular flexibility index (Phi) is 44.9. The minimum absolute atomic E-state index is 0.151. The molecule has 0 bridgehead atoms. The second-order valence-corrected chi connectivity index (χ2v) is 17.9. The summed E-state index contributed by atoms with van der Waals surface area (Å²) in [5.41, 5.74) is 0. The summed E-state index contributed by atoms with van der Waals surface area (Å²) in [6.45, 7) is 2.08. The molecule has 11 heteroatoms. The average Bonchev–Trinajstić information content (AvgIpc) is 3.26. The molecule has 10 nitrogen and oxygen atoms in total. The van der Waals surface area contributed by atoms with E-state index in [1.165, 1.54) is 103 Å². The quantitative estimate of drug-likeness (QED) is 0.0233. The number of esters is 2. The van der Waals surface area contributed by atoms with Crippen LogP contribution in [0.3, 0.4) is 0 Å². The first kappa shape index (κ1) is 59.7. The summed E-state index contributed by atoms with van der Waals surface area (Å²) < 4.78 is 32.7. The monoisotopic (exact) mass is 895 g/mol. The van der Waals surface area contributed by atoms with Crippen LogP contribution in [0.4, 0.5) is 0 Å². The molecule has 0 spiro atoms. The Morgan fingerprint density at radius 3 is 1.10 bits per heavy atom. The maximum absolute atomic E-state index is 12.4. The van der Waals surface area contributed by atoms with Crippen LogP contribution in [0.5, 0.6) is 0 Å². The summed E-state index contributed by atoms with van der Waals surface area (Å²) in [5, 5.41) is 19.2. The molecule has 0 rings (SSSR count). The predicted octanol–water partition coefficient (Wildman–Crippen LogP) is 13.8. The van der Waals surface area contributed by atoms with E-state index in [1.807, 2.05) is 0 Å². The molecule has 3 atom stereocenters. The van der Waals surface area contributed by atoms with Gasteiger partial charge in [-0.3, -0.25) is 18.6 Å². The van der Waals surface area contributed by atoms with Crippen molar-refractivity contribution in [1.29, 1.82) is 0 Å². The Hall–Kier alpha value is -2.33. The van der Waals surface area contributed by atoms with Gasteiger partial charge in [0.05, 0.1) is 26.4 Å². The van der Waals surface area contributed by atoms with Crippen molar-refractivity contribution >= 4 is 19.8 Å². The SMILES string of the molecule is CC/C=C\C/C=C\C/C=C\C/C=C\C/C=C\CCCCCC(=O)OC(CO)COP(=O)(O)OCC(CO)OC(=O)CCCCCCCCCCCCCCCCCCCCCC. The van der Waals surface area contributed by atoms with Gasteiger partial charge in [0.25, 0.3) is 0 Å². The van der Waals surface area contributed by atoms with Crippen LogP contribution in [-0.2, 0) is 32.7 Å². The van der Waals surface area contributed by atoms with Crippen LogP contribution in [0.1, 0.15) is 213 Å². The fraction of sp³-hybridized carbons (Fsp3) is 0.765. The largest absolute Gasteiger partial charge is 0.472 e. The summed E-state index contributed by atoms with van der Waals surface area (Å²) in [6.07, 6.45) is 53.4. The molecule has 62 heavy (non-hydrogen) atoms. The third-order valence-corrected chi connectivity index (χ3v) is 11.4. The lowest BCUT2D eigenvalue weighted by Gasteiger charge is -2.20. The van der Waals surface area contributed by atoms with Crippen LogP contribution in [-0.4, -0.2) is 65.7 Å². The Morgan fingerprint density at radius 2 is 0.758 bits per heavy atom. The zero-order valence-corrected chi connectivity index (χ0v) is 40.2. The van der Waals surface area contributed by atoms with E-state index in [1.54, 1.807) is 0 Å². The van der Waals surface area contributed by atoms with E-state index >= 15 is 0 Å². The summed E-state index contributed by atoms with van der Waals surface area (Å²) >= 11 is 0. The minimum atomic E-state index is -4.65. The maximum atomic E-state index is 12.4. The van der Waals surface area contributed by atoms with Crippen molar-refractivity contribution in [3.8, 4) is 0 Å². The van der Waals surface area contributed by atoms with E-state index < -0.39 is 58.4 Å². The van der Waals surface area contributed by atoms with Crippen molar-refractivity contribution < 1.29 is 47.8 Å². The number of allylic oxidation sites excluding steroid dienone is 10. The van der Waals surface area contributed by atoms with E-state index in [0.29, 0.717) is 12.8 Å². The standard InChI is InChI=1S/C51H91O10P/c1-3-5-7-9-11-13-15-17-19-21-23-25-27-29-31-33-35-37-39-41-43-51(55)61-49(45-53)47-59-62(56,57)58-46-48(44-52)60-50(54)42-40-38-36-34-32-30-28-26-24-22-20-18-16-14-12-10-8-6-4-2/h6,8,12,14,18,20,24,26,30,32,48-49,52-53H,3-5,7,9-11,13,15-17,19,21-23,25,27-29,31,33-47H2,1-2H3,(H,56,57)/b8-6-,14-12-,20-18-,26-24-,32-30-. The van der Waals surface area contributed by atoms with Gasteiger partial charge < -0.3 is 24.6 Å². The first-order chi connectivity index (χ1) is 30.3. The Balaban J connectivity index is 3.90. The zero-order valence-electron chi connectivity index (χ0n) is 39.3. The number of carbonyl (C=O) groups excluding carboxylic acids is 2. The molecular weight excluding hydrogens is 804 g/mol. The lowest BCUT2D eigenvalue weighted by molar-refractivity contribution is -0.153. The normalized spacial score (nSPS) is 14.2. The van der Waals surface area contributed by atoms with Crippen LogP contribution < -0.4 is 0 Å². The van der Waals surface area contributed by atoms with Gasteiger partial charge in [-0.05, 0) is 57.8 Å². The van der Waals surface area contributed by atoms with Gasteiger partial charge in [-0.25, -0.2) is 4.57 Å². The highest BCUT2D eigenvalue weighted by Gasteiger charge is 2.27. The van der Waals surface area contributed by atoms with Gasteiger partial charge in [-0.1, -0.05) is 203 Å². The first-order valence-corrected chi connectivity index (χ1v) is 26.2. The molecule has 0 saturated carbocycles. The molecule has 0 aromatic heterocycles. The van der Waals surface area contributed by atoms with E-state index in [4.69, 9.17) is 18.5 Å². The fourth-order valence-electron chi connectivity index (χ4n) is 6.73. The van der Waals surface area contributed by atoms with Crippen molar-refractivity contribution in [3.05, 3.63) is 60.8 Å². The van der Waals surface area contributed by atoms with Crippen LogP contribution in [0, 0.1) is 0 Å². The molecule has 0 aliphatic rings. The van der Waals surface area contributed by atoms with Crippen molar-refractivity contribution in [2.24, 2.45) is 0 Å². The first-order valence-electron chi connectivity index (χ1n) is 24.7. The number of hydrogen-bond donors (Lipinski definition) is 3. The highest BCUT2D eigenvalue weighted by Crippen LogP contribution is 2.43. The number of hydrogen-bond acceptors (Lipinski definition) is 9. The van der Waals surface area contributed by atoms with Crippen molar-refractivity contribution in [3.63, 3.8) is 0 Å². The molecule has 0 aliphatic heterocycles. The zero-order chi connectivity index (χ0) is 45.5. The lowest BCUT2D eigenvalue weighted by Crippen LogP contribution is -2.28. The van der Waals surface area contributed by atoms with Crippen LogP contribution in [0.25, 0.3) is 0 Å². The second-order valence-electron chi connectivity index (χ2n) is 16.4. The van der Waals surface area contributed by atoms with Crippen molar-refractivity contribution in [1.82, 2.24) is 0 Å². The molecule has 0 radical (unpaired) electrons. The molecular formula is C51H91O10P. The second kappa shape index (κ2) is 46.7. The van der Waals surface area contributed by atoms with Gasteiger partial charge in [0, 0.05) is 12.8 Å². The number of phosphoric ester groups is 1. The number of rotatable bonds is 46. The van der Waals surface area contributed by atoms with Crippen LogP contribution in [0.15, 0.2) is 60.8 Å². The molecule has 3 unspecified atom stereocenters. The van der Waals surface area contributed by atoms with Crippen LogP contribution >= 0.6 is 7.82 Å². The van der Waals surface area contributed by atoms with E-state index in [-0.39, 0.29) is 12.8 Å². The number of aliphatic hydroxyl groups excluding tert-OH is 2. The lowest BCUT2D eigenvalue weighted by atomic mass is 10.0. The Morgan fingerprint density at radius 1 is 0.452 bits per heavy atom. The molecule has 0 fully saturated rings. The smallest absolute Gasteiger partial charge is 0.457 e. The van der Waals surface area contributed by atoms with Crippen molar-refractivity contribution in [2.45, 2.75) is 225 Å². The van der Waals surface area contributed by atoms with Gasteiger partial charge in [0.15, 0.2) is 0 Å². The minimum Gasteiger partial charge on any atom is -0.457 e. The molecule has 0 aromatic rings. The predicted molar refractivity (Wildman–Crippen MR) is 256 cm³/mol. The van der Waals surface area contributed by atoms with Gasteiger partial charge >= 0.3 is 19.8 Å². The summed E-state index contributed by atoms with van der Waals surface area (Å²) in [7, 11) is -4.65.